The van der Waals surface area contributed by atoms with E-state index in [-0.39, 0.29) is 16.7 Å². The second kappa shape index (κ2) is 5.36. The summed E-state index contributed by atoms with van der Waals surface area (Å²) in [6.45, 7) is 0.447. The van der Waals surface area contributed by atoms with Crippen LogP contribution in [0.5, 0.6) is 0 Å². The molecule has 0 radical (unpaired) electrons. The topological polar surface area (TPSA) is 78.4 Å². The third-order valence-electron chi connectivity index (χ3n) is 2.39. The maximum Gasteiger partial charge on any atom is 0.335 e. The van der Waals surface area contributed by atoms with Crippen LogP contribution >= 0.6 is 24.0 Å². The Kier molecular flexibility index (Phi) is 3.83. The van der Waals surface area contributed by atoms with Crippen molar-refractivity contribution in [3.63, 3.8) is 0 Å². The van der Waals surface area contributed by atoms with E-state index in [2.05, 4.69) is 10.6 Å². The van der Waals surface area contributed by atoms with Crippen LogP contribution in [0.4, 0.5) is 5.69 Å². The first-order valence-electron chi connectivity index (χ1n) is 5.15. The predicted octanol–water partition coefficient (Wildman–Crippen LogP) is 1.31. The molecule has 1 aliphatic heterocycles. The molecular weight excluding hydrogens is 272 g/mol. The number of aromatic carboxylic acids is 1. The molecule has 2 rings (SSSR count). The summed E-state index contributed by atoms with van der Waals surface area (Å²) in [6, 6.07) is 6.35. The highest BCUT2D eigenvalue weighted by molar-refractivity contribution is 8.24. The lowest BCUT2D eigenvalue weighted by Gasteiger charge is -2.09. The first kappa shape index (κ1) is 12.8. The van der Waals surface area contributed by atoms with Crippen LogP contribution in [0.25, 0.3) is 0 Å². The van der Waals surface area contributed by atoms with Gasteiger partial charge in [0.2, 0.25) is 5.91 Å². The van der Waals surface area contributed by atoms with E-state index in [0.717, 1.165) is 5.69 Å². The summed E-state index contributed by atoms with van der Waals surface area (Å²) in [6.07, 6.45) is 0. The molecule has 18 heavy (non-hydrogen) atoms. The number of rotatable bonds is 4. The van der Waals surface area contributed by atoms with Crippen molar-refractivity contribution < 1.29 is 14.7 Å². The van der Waals surface area contributed by atoms with Crippen molar-refractivity contribution in [2.45, 2.75) is 5.25 Å². The van der Waals surface area contributed by atoms with Crippen molar-refractivity contribution in [1.29, 1.82) is 0 Å². The number of anilines is 1. The van der Waals surface area contributed by atoms with Gasteiger partial charge in [-0.3, -0.25) is 4.79 Å². The van der Waals surface area contributed by atoms with E-state index in [9.17, 15) is 9.59 Å². The van der Waals surface area contributed by atoms with Gasteiger partial charge in [-0.25, -0.2) is 4.79 Å². The molecular formula is C11H10N2O3S2. The Balaban J connectivity index is 1.92. The lowest BCUT2D eigenvalue weighted by Crippen LogP contribution is -2.28. The molecule has 1 aromatic carbocycles. The van der Waals surface area contributed by atoms with Crippen LogP contribution in [-0.4, -0.2) is 33.1 Å². The van der Waals surface area contributed by atoms with Crippen LogP contribution in [0.15, 0.2) is 24.3 Å². The summed E-state index contributed by atoms with van der Waals surface area (Å²) < 4.78 is 0.494. The summed E-state index contributed by atoms with van der Waals surface area (Å²) in [5.41, 5.74) is 1.00. The third kappa shape index (κ3) is 2.99. The molecule has 94 valence electrons. The average molecular weight is 282 g/mol. The van der Waals surface area contributed by atoms with Gasteiger partial charge in [-0.15, -0.1) is 0 Å². The van der Waals surface area contributed by atoms with Gasteiger partial charge in [-0.1, -0.05) is 24.0 Å². The van der Waals surface area contributed by atoms with Gasteiger partial charge in [0.25, 0.3) is 0 Å². The number of thioether (sulfide) groups is 1. The fraction of sp³-hybridized carbons (Fsp3) is 0.182. The van der Waals surface area contributed by atoms with E-state index >= 15 is 0 Å². The van der Waals surface area contributed by atoms with Crippen molar-refractivity contribution >= 4 is 45.9 Å². The fourth-order valence-electron chi connectivity index (χ4n) is 1.47. The van der Waals surface area contributed by atoms with Crippen LogP contribution in [0, 0.1) is 0 Å². The van der Waals surface area contributed by atoms with E-state index in [1.165, 1.54) is 23.9 Å². The fourth-order valence-corrected chi connectivity index (χ4v) is 2.67. The Morgan fingerprint density at radius 3 is 2.61 bits per heavy atom. The van der Waals surface area contributed by atoms with Gasteiger partial charge in [0.15, 0.2) is 0 Å². The van der Waals surface area contributed by atoms with Gasteiger partial charge >= 0.3 is 5.97 Å². The summed E-state index contributed by atoms with van der Waals surface area (Å²) in [7, 11) is 0. The number of thiocarbonyl (C=S) groups is 1. The van der Waals surface area contributed by atoms with Crippen LogP contribution in [0.2, 0.25) is 0 Å². The van der Waals surface area contributed by atoms with Crippen molar-refractivity contribution in [3.05, 3.63) is 29.8 Å². The van der Waals surface area contributed by atoms with Crippen molar-refractivity contribution in [1.82, 2.24) is 5.32 Å². The van der Waals surface area contributed by atoms with Gasteiger partial charge < -0.3 is 15.7 Å². The molecule has 7 heteroatoms. The van der Waals surface area contributed by atoms with Crippen molar-refractivity contribution in [3.8, 4) is 0 Å². The smallest absolute Gasteiger partial charge is 0.335 e. The maximum atomic E-state index is 11.4. The monoisotopic (exact) mass is 282 g/mol. The molecule has 1 unspecified atom stereocenters. The van der Waals surface area contributed by atoms with Crippen molar-refractivity contribution in [2.75, 3.05) is 11.9 Å². The molecule has 1 aliphatic rings. The second-order valence-electron chi connectivity index (χ2n) is 3.65. The minimum Gasteiger partial charge on any atom is -0.478 e. The van der Waals surface area contributed by atoms with Crippen LogP contribution < -0.4 is 10.6 Å². The molecule has 3 N–H and O–H groups in total. The summed E-state index contributed by atoms with van der Waals surface area (Å²) >= 11 is 6.20. The Hall–Kier alpha value is -1.60. The highest BCUT2D eigenvalue weighted by Gasteiger charge is 2.28. The van der Waals surface area contributed by atoms with E-state index in [4.69, 9.17) is 17.3 Å². The first-order chi connectivity index (χ1) is 8.56. The second-order valence-corrected chi connectivity index (χ2v) is 5.53. The van der Waals surface area contributed by atoms with Crippen LogP contribution in [0.1, 0.15) is 10.4 Å². The van der Waals surface area contributed by atoms with Gasteiger partial charge in [-0.05, 0) is 24.3 Å². The number of amides is 1. The SMILES string of the molecule is O=C(O)c1ccc(NCC2SC(=S)NC2=O)cc1. The third-order valence-corrected chi connectivity index (χ3v) is 3.76. The van der Waals surface area contributed by atoms with E-state index in [1.807, 2.05) is 0 Å². The number of carboxylic acid groups (broad SMARTS) is 1. The number of benzene rings is 1. The van der Waals surface area contributed by atoms with Crippen molar-refractivity contribution in [2.24, 2.45) is 0 Å². The number of carbonyl (C=O) groups excluding carboxylic acids is 1. The Bertz CT molecular complexity index is 502. The van der Waals surface area contributed by atoms with Gasteiger partial charge in [0.1, 0.15) is 9.57 Å². The number of carboxylic acids is 1. The predicted molar refractivity (Wildman–Crippen MR) is 74.0 cm³/mol. The first-order valence-corrected chi connectivity index (χ1v) is 6.44. The molecule has 1 fully saturated rings. The quantitative estimate of drug-likeness (QED) is 0.723. The molecule has 1 saturated heterocycles. The van der Waals surface area contributed by atoms with Gasteiger partial charge in [-0.2, -0.15) is 0 Å². The van der Waals surface area contributed by atoms with Gasteiger partial charge in [0.05, 0.1) is 5.56 Å². The molecule has 1 heterocycles. The Morgan fingerprint density at radius 2 is 2.11 bits per heavy atom. The molecule has 0 saturated carbocycles. The Labute approximate surface area is 113 Å². The number of carbonyl (C=O) groups is 2. The maximum absolute atomic E-state index is 11.4. The highest BCUT2D eigenvalue weighted by atomic mass is 32.2. The van der Waals surface area contributed by atoms with E-state index in [0.29, 0.717) is 10.9 Å². The zero-order chi connectivity index (χ0) is 13.1. The zero-order valence-corrected chi connectivity index (χ0v) is 10.8. The standard InChI is InChI=1S/C11H10N2O3S2/c14-9-8(18-11(17)13-9)5-12-7-3-1-6(2-4-7)10(15)16/h1-4,8,12H,5H2,(H,15,16)(H,13,14,17). The van der Waals surface area contributed by atoms with Crippen LogP contribution in [-0.2, 0) is 4.79 Å². The summed E-state index contributed by atoms with van der Waals surface area (Å²) in [5.74, 6) is -1.06. The van der Waals surface area contributed by atoms with E-state index < -0.39 is 5.97 Å². The lowest BCUT2D eigenvalue weighted by molar-refractivity contribution is -0.118. The zero-order valence-electron chi connectivity index (χ0n) is 9.17. The number of hydrogen-bond donors (Lipinski definition) is 3. The van der Waals surface area contributed by atoms with E-state index in [1.54, 1.807) is 12.1 Å². The largest absolute Gasteiger partial charge is 0.478 e. The number of hydrogen-bond acceptors (Lipinski definition) is 5. The molecule has 1 amide bonds. The normalized spacial score (nSPS) is 18.6. The molecule has 0 aliphatic carbocycles. The van der Waals surface area contributed by atoms with Crippen LogP contribution in [0.3, 0.4) is 0 Å². The minimum atomic E-state index is -0.961. The minimum absolute atomic E-state index is 0.0975. The Morgan fingerprint density at radius 1 is 1.44 bits per heavy atom. The molecule has 0 bridgehead atoms. The summed E-state index contributed by atoms with van der Waals surface area (Å²) in [4.78, 5) is 22.1. The molecule has 1 atom stereocenters. The average Bonchev–Trinajstić information content (AvgIpc) is 2.66. The molecule has 0 spiro atoms. The highest BCUT2D eigenvalue weighted by Crippen LogP contribution is 2.20. The lowest BCUT2D eigenvalue weighted by atomic mass is 10.2. The molecule has 1 aromatic rings. The summed E-state index contributed by atoms with van der Waals surface area (Å²) in [5, 5.41) is 14.1. The molecule has 0 aromatic heterocycles. The molecule has 5 nitrogen and oxygen atoms in total. The van der Waals surface area contributed by atoms with Gasteiger partial charge in [0, 0.05) is 12.2 Å². The number of nitrogens with one attached hydrogen (secondary N) is 2.